The molecule has 2 rings (SSSR count). The fourth-order valence-corrected chi connectivity index (χ4v) is 3.30. The number of Topliss-reactive ketones (excluding diaryl/α,β-unsaturated/α-hetero) is 2. The van der Waals surface area contributed by atoms with Gasteiger partial charge in [0.25, 0.3) is 0 Å². The molecule has 1 heterocycles. The quantitative estimate of drug-likeness (QED) is 0.236. The van der Waals surface area contributed by atoms with Crippen molar-refractivity contribution in [3.8, 4) is 0 Å². The molecule has 30 heavy (non-hydrogen) atoms. The van der Waals surface area contributed by atoms with Crippen LogP contribution in [0.2, 0.25) is 0 Å². The average Bonchev–Trinajstić information content (AvgIpc) is 2.76. The van der Waals surface area contributed by atoms with Gasteiger partial charge >= 0.3 is 0 Å². The lowest BCUT2D eigenvalue weighted by Crippen LogP contribution is -2.17. The third kappa shape index (κ3) is 7.81. The molecule has 0 bridgehead atoms. The number of aromatic nitrogens is 1. The van der Waals surface area contributed by atoms with Crippen molar-refractivity contribution in [2.75, 3.05) is 13.2 Å². The summed E-state index contributed by atoms with van der Waals surface area (Å²) < 4.78 is 11.1. The van der Waals surface area contributed by atoms with Gasteiger partial charge in [-0.1, -0.05) is 37.3 Å². The molecule has 0 spiro atoms. The van der Waals surface area contributed by atoms with Crippen molar-refractivity contribution in [2.24, 2.45) is 0 Å². The number of pyridine rings is 1. The number of hydrogen-bond acceptors (Lipinski definition) is 5. The number of rotatable bonds is 14. The van der Waals surface area contributed by atoms with Crippen molar-refractivity contribution in [1.82, 2.24) is 4.98 Å². The second-order valence-corrected chi connectivity index (χ2v) is 7.18. The summed E-state index contributed by atoms with van der Waals surface area (Å²) in [5, 5.41) is 0. The molecule has 162 valence electrons. The number of ether oxygens (including phenoxy) is 2. The van der Waals surface area contributed by atoms with E-state index in [1.54, 1.807) is 6.07 Å². The lowest BCUT2D eigenvalue weighted by Gasteiger charge is -2.16. The molecule has 0 amide bonds. The van der Waals surface area contributed by atoms with E-state index in [0.29, 0.717) is 43.7 Å². The standard InChI is InChI=1S/C25H33NO4/c1-4-23(27)22-18-20(17-21(26-22)16-19-12-8-7-9-13-19)24(28)14-10-11-15-25(29-5-2)30-6-3/h7-9,12-13,17-18,25H,4-6,10-11,14-16H2,1-3H3. The SMILES string of the molecule is CCOC(CCCCC(=O)c1cc(Cc2ccccc2)nc(C(=O)CC)c1)OCC. The van der Waals surface area contributed by atoms with Gasteiger partial charge in [-0.25, -0.2) is 4.98 Å². The molecule has 0 unspecified atom stereocenters. The number of nitrogens with zero attached hydrogens (tertiary/aromatic N) is 1. The van der Waals surface area contributed by atoms with Gasteiger partial charge in [-0.05, 0) is 50.8 Å². The Balaban J connectivity index is 2.04. The van der Waals surface area contributed by atoms with Crippen LogP contribution in [0.3, 0.4) is 0 Å². The highest BCUT2D eigenvalue weighted by atomic mass is 16.7. The first-order chi connectivity index (χ1) is 14.6. The highest BCUT2D eigenvalue weighted by Gasteiger charge is 2.15. The number of unbranched alkanes of at least 4 members (excludes halogenated alkanes) is 1. The van der Waals surface area contributed by atoms with Crippen molar-refractivity contribution in [3.05, 3.63) is 65.0 Å². The predicted molar refractivity (Wildman–Crippen MR) is 118 cm³/mol. The predicted octanol–water partition coefficient (Wildman–Crippen LogP) is 5.41. The van der Waals surface area contributed by atoms with Crippen molar-refractivity contribution in [2.45, 2.75) is 65.6 Å². The first-order valence-corrected chi connectivity index (χ1v) is 10.9. The van der Waals surface area contributed by atoms with Crippen LogP contribution in [0.25, 0.3) is 0 Å². The molecule has 5 heteroatoms. The number of carbonyl (C=O) groups is 2. The van der Waals surface area contributed by atoms with Gasteiger partial charge in [-0.15, -0.1) is 0 Å². The molecule has 5 nitrogen and oxygen atoms in total. The second-order valence-electron chi connectivity index (χ2n) is 7.18. The minimum Gasteiger partial charge on any atom is -0.353 e. The number of benzene rings is 1. The van der Waals surface area contributed by atoms with Crippen molar-refractivity contribution in [1.29, 1.82) is 0 Å². The molecule has 0 aliphatic carbocycles. The van der Waals surface area contributed by atoms with Gasteiger partial charge in [-0.3, -0.25) is 9.59 Å². The molecule has 0 aliphatic rings. The fraction of sp³-hybridized carbons (Fsp3) is 0.480. The molecule has 1 aromatic heterocycles. The zero-order valence-electron chi connectivity index (χ0n) is 18.4. The molecule has 0 saturated carbocycles. The zero-order chi connectivity index (χ0) is 21.8. The summed E-state index contributed by atoms with van der Waals surface area (Å²) in [6, 6.07) is 13.4. The van der Waals surface area contributed by atoms with Crippen LogP contribution in [0.5, 0.6) is 0 Å². The summed E-state index contributed by atoms with van der Waals surface area (Å²) in [5.74, 6) is -0.00327. The molecule has 0 fully saturated rings. The van der Waals surface area contributed by atoms with E-state index < -0.39 is 0 Å². The Bertz CT molecular complexity index is 798. The molecule has 0 radical (unpaired) electrons. The Labute approximate surface area is 179 Å². The van der Waals surface area contributed by atoms with Gasteiger partial charge in [0.05, 0.1) is 0 Å². The maximum Gasteiger partial charge on any atom is 0.180 e. The van der Waals surface area contributed by atoms with Crippen LogP contribution in [-0.4, -0.2) is 36.1 Å². The van der Waals surface area contributed by atoms with Crippen LogP contribution >= 0.6 is 0 Å². The van der Waals surface area contributed by atoms with E-state index in [4.69, 9.17) is 9.47 Å². The first-order valence-electron chi connectivity index (χ1n) is 10.9. The number of ketones is 2. The van der Waals surface area contributed by atoms with E-state index >= 15 is 0 Å². The van der Waals surface area contributed by atoms with E-state index in [2.05, 4.69) is 4.98 Å². The summed E-state index contributed by atoms with van der Waals surface area (Å²) in [6.45, 7) is 6.92. The Kier molecular flexibility index (Phi) is 10.4. The van der Waals surface area contributed by atoms with Crippen molar-refractivity contribution < 1.29 is 19.1 Å². The van der Waals surface area contributed by atoms with Crippen LogP contribution in [0.15, 0.2) is 42.5 Å². The Morgan fingerprint density at radius 2 is 1.63 bits per heavy atom. The smallest absolute Gasteiger partial charge is 0.180 e. The van der Waals surface area contributed by atoms with Crippen LogP contribution in [-0.2, 0) is 15.9 Å². The van der Waals surface area contributed by atoms with Crippen molar-refractivity contribution in [3.63, 3.8) is 0 Å². The van der Waals surface area contributed by atoms with E-state index in [1.807, 2.05) is 57.2 Å². The van der Waals surface area contributed by atoms with E-state index in [-0.39, 0.29) is 17.9 Å². The average molecular weight is 412 g/mol. The van der Waals surface area contributed by atoms with Crippen LogP contribution in [0.4, 0.5) is 0 Å². The van der Waals surface area contributed by atoms with Crippen LogP contribution in [0, 0.1) is 0 Å². The summed E-state index contributed by atoms with van der Waals surface area (Å²) >= 11 is 0. The molecular formula is C25H33NO4. The molecule has 0 atom stereocenters. The second kappa shape index (κ2) is 13.0. The topological polar surface area (TPSA) is 65.5 Å². The molecule has 0 aliphatic heterocycles. The molecule has 1 aromatic carbocycles. The van der Waals surface area contributed by atoms with E-state index in [9.17, 15) is 9.59 Å². The summed E-state index contributed by atoms with van der Waals surface area (Å²) in [7, 11) is 0. The van der Waals surface area contributed by atoms with Gasteiger partial charge in [0.2, 0.25) is 0 Å². The Hall–Kier alpha value is -2.37. The number of hydrogen-bond donors (Lipinski definition) is 0. The minimum atomic E-state index is -0.206. The molecule has 0 N–H and O–H groups in total. The third-order valence-electron chi connectivity index (χ3n) is 4.83. The zero-order valence-corrected chi connectivity index (χ0v) is 18.4. The molecule has 0 saturated heterocycles. The number of carbonyl (C=O) groups excluding carboxylic acids is 2. The van der Waals surface area contributed by atoms with Crippen molar-refractivity contribution >= 4 is 11.6 Å². The largest absolute Gasteiger partial charge is 0.353 e. The van der Waals surface area contributed by atoms with E-state index in [1.165, 1.54) is 0 Å². The highest BCUT2D eigenvalue weighted by Crippen LogP contribution is 2.16. The normalized spacial score (nSPS) is 11.1. The van der Waals surface area contributed by atoms with E-state index in [0.717, 1.165) is 30.5 Å². The maximum atomic E-state index is 12.8. The highest BCUT2D eigenvalue weighted by molar-refractivity contribution is 6.00. The summed E-state index contributed by atoms with van der Waals surface area (Å²) in [4.78, 5) is 29.6. The lowest BCUT2D eigenvalue weighted by molar-refractivity contribution is -0.140. The molecule has 2 aromatic rings. The van der Waals surface area contributed by atoms with Gasteiger partial charge in [0.1, 0.15) is 5.69 Å². The Morgan fingerprint density at radius 3 is 2.27 bits per heavy atom. The van der Waals surface area contributed by atoms with Gasteiger partial charge in [0, 0.05) is 43.7 Å². The van der Waals surface area contributed by atoms with Gasteiger partial charge in [0.15, 0.2) is 17.9 Å². The van der Waals surface area contributed by atoms with Gasteiger partial charge in [-0.2, -0.15) is 0 Å². The monoisotopic (exact) mass is 411 g/mol. The van der Waals surface area contributed by atoms with Crippen LogP contribution < -0.4 is 0 Å². The Morgan fingerprint density at radius 1 is 0.933 bits per heavy atom. The van der Waals surface area contributed by atoms with Gasteiger partial charge < -0.3 is 9.47 Å². The maximum absolute atomic E-state index is 12.8. The fourth-order valence-electron chi connectivity index (χ4n) is 3.30. The van der Waals surface area contributed by atoms with Crippen LogP contribution in [0.1, 0.15) is 85.0 Å². The third-order valence-corrected chi connectivity index (χ3v) is 4.83. The summed E-state index contributed by atoms with van der Waals surface area (Å²) in [6.07, 6.45) is 3.55. The summed E-state index contributed by atoms with van der Waals surface area (Å²) in [5.41, 5.74) is 2.79. The lowest BCUT2D eigenvalue weighted by atomic mass is 10.0. The minimum absolute atomic E-state index is 0.0428. The molecular weight excluding hydrogens is 378 g/mol. The first kappa shape index (κ1) is 23.9.